The number of anilines is 1. The van der Waals surface area contributed by atoms with Gasteiger partial charge in [-0.3, -0.25) is 14.5 Å². The van der Waals surface area contributed by atoms with Gasteiger partial charge in [-0.25, -0.2) is 0 Å². The van der Waals surface area contributed by atoms with Gasteiger partial charge in [0.15, 0.2) is 0 Å². The molecule has 5 nitrogen and oxygen atoms in total. The summed E-state index contributed by atoms with van der Waals surface area (Å²) in [5, 5.41) is 0. The van der Waals surface area contributed by atoms with E-state index in [4.69, 9.17) is 4.74 Å². The van der Waals surface area contributed by atoms with Crippen LogP contribution in [0, 0.1) is 0 Å². The van der Waals surface area contributed by atoms with Crippen molar-refractivity contribution in [3.8, 4) is 5.75 Å². The Kier molecular flexibility index (Phi) is 3.85. The fourth-order valence-electron chi connectivity index (χ4n) is 1.92. The molecule has 0 saturated heterocycles. The monoisotopic (exact) mass is 260 g/mol. The Morgan fingerprint density at radius 3 is 2.84 bits per heavy atom. The van der Waals surface area contributed by atoms with Gasteiger partial charge in [0.05, 0.1) is 7.11 Å². The minimum Gasteiger partial charge on any atom is -0.497 e. The van der Waals surface area contributed by atoms with Crippen molar-refractivity contribution in [1.29, 1.82) is 0 Å². The average Bonchev–Trinajstić information content (AvgIpc) is 2.81. The van der Waals surface area contributed by atoms with Gasteiger partial charge in [0, 0.05) is 31.3 Å². The molecule has 0 saturated carbocycles. The van der Waals surface area contributed by atoms with E-state index in [1.165, 1.54) is 13.0 Å². The number of nitrogens with zero attached hydrogens (tertiary/aromatic N) is 2. The van der Waals surface area contributed by atoms with E-state index in [0.29, 0.717) is 18.0 Å². The maximum absolute atomic E-state index is 11.8. The molecule has 1 aromatic rings. The van der Waals surface area contributed by atoms with Crippen LogP contribution in [-0.4, -0.2) is 37.0 Å². The quantitative estimate of drug-likeness (QED) is 0.822. The Hall–Kier alpha value is -2.30. The third kappa shape index (κ3) is 2.93. The molecule has 1 aliphatic rings. The number of carbonyl (C=O) groups is 2. The normalized spacial score (nSPS) is 13.8. The molecule has 0 radical (unpaired) electrons. The van der Waals surface area contributed by atoms with Crippen molar-refractivity contribution >= 4 is 17.5 Å². The van der Waals surface area contributed by atoms with E-state index in [-0.39, 0.29) is 18.5 Å². The third-order valence-corrected chi connectivity index (χ3v) is 2.96. The second-order valence-corrected chi connectivity index (χ2v) is 4.25. The lowest BCUT2D eigenvalue weighted by molar-refractivity contribution is -0.125. The molecule has 0 spiro atoms. The summed E-state index contributed by atoms with van der Waals surface area (Å²) in [6.45, 7) is 2.26. The van der Waals surface area contributed by atoms with E-state index in [0.717, 1.165) is 0 Å². The van der Waals surface area contributed by atoms with E-state index in [1.807, 2.05) is 18.2 Å². The Morgan fingerprint density at radius 1 is 1.47 bits per heavy atom. The van der Waals surface area contributed by atoms with Gasteiger partial charge >= 0.3 is 0 Å². The second-order valence-electron chi connectivity index (χ2n) is 4.25. The average molecular weight is 260 g/mol. The number of hydrogen-bond acceptors (Lipinski definition) is 3. The predicted molar refractivity (Wildman–Crippen MR) is 71.9 cm³/mol. The molecule has 0 bridgehead atoms. The van der Waals surface area contributed by atoms with Crippen molar-refractivity contribution in [3.63, 3.8) is 0 Å². The van der Waals surface area contributed by atoms with Crippen LogP contribution in [-0.2, 0) is 9.59 Å². The Balaban J connectivity index is 2.19. The van der Waals surface area contributed by atoms with Gasteiger partial charge < -0.3 is 9.64 Å². The summed E-state index contributed by atoms with van der Waals surface area (Å²) in [5.41, 5.74) is 0.714. The highest BCUT2D eigenvalue weighted by Gasteiger charge is 2.20. The molecule has 2 amide bonds. The fourth-order valence-corrected chi connectivity index (χ4v) is 1.92. The van der Waals surface area contributed by atoms with Crippen LogP contribution >= 0.6 is 0 Å². The minimum absolute atomic E-state index is 0.0749. The summed E-state index contributed by atoms with van der Waals surface area (Å²) < 4.78 is 5.15. The molecule has 0 atom stereocenters. The van der Waals surface area contributed by atoms with Gasteiger partial charge in [0.1, 0.15) is 12.4 Å². The van der Waals surface area contributed by atoms with Gasteiger partial charge in [-0.15, -0.1) is 0 Å². The van der Waals surface area contributed by atoms with Crippen molar-refractivity contribution in [2.75, 3.05) is 25.2 Å². The van der Waals surface area contributed by atoms with Crippen LogP contribution in [0.4, 0.5) is 5.69 Å². The Morgan fingerprint density at radius 2 is 2.26 bits per heavy atom. The number of hydrogen-bond donors (Lipinski definition) is 0. The first-order valence-electron chi connectivity index (χ1n) is 5.99. The summed E-state index contributed by atoms with van der Waals surface area (Å²) in [4.78, 5) is 26.5. The second kappa shape index (κ2) is 5.56. The topological polar surface area (TPSA) is 49.9 Å². The van der Waals surface area contributed by atoms with Crippen LogP contribution in [0.1, 0.15) is 6.92 Å². The molecular formula is C14H16N2O3. The predicted octanol–water partition coefficient (Wildman–Crippen LogP) is 1.40. The highest BCUT2D eigenvalue weighted by molar-refractivity contribution is 5.94. The zero-order valence-corrected chi connectivity index (χ0v) is 11.0. The van der Waals surface area contributed by atoms with Crippen LogP contribution < -0.4 is 9.64 Å². The molecule has 0 fully saturated rings. The van der Waals surface area contributed by atoms with Crippen molar-refractivity contribution in [1.82, 2.24) is 4.90 Å². The molecule has 5 heteroatoms. The minimum atomic E-state index is -0.118. The largest absolute Gasteiger partial charge is 0.497 e. The van der Waals surface area contributed by atoms with E-state index >= 15 is 0 Å². The van der Waals surface area contributed by atoms with Crippen LogP contribution in [0.25, 0.3) is 0 Å². The molecule has 0 aliphatic carbocycles. The third-order valence-electron chi connectivity index (χ3n) is 2.96. The van der Waals surface area contributed by atoms with Crippen molar-refractivity contribution in [2.45, 2.75) is 6.92 Å². The molecule has 0 aromatic heterocycles. The summed E-state index contributed by atoms with van der Waals surface area (Å²) in [5.74, 6) is 0.483. The van der Waals surface area contributed by atoms with Crippen LogP contribution in [0.15, 0.2) is 36.4 Å². The summed E-state index contributed by atoms with van der Waals surface area (Å²) >= 11 is 0. The maximum atomic E-state index is 11.8. The summed E-state index contributed by atoms with van der Waals surface area (Å²) in [6, 6.07) is 7.21. The first kappa shape index (κ1) is 13.1. The van der Waals surface area contributed by atoms with Crippen LogP contribution in [0.5, 0.6) is 5.75 Å². The van der Waals surface area contributed by atoms with Gasteiger partial charge in [-0.2, -0.15) is 0 Å². The van der Waals surface area contributed by atoms with Gasteiger partial charge in [-0.05, 0) is 12.1 Å². The molecule has 1 heterocycles. The SMILES string of the molecule is COc1cccc(N(CN2CC=CC2=O)C(C)=O)c1. The van der Waals surface area contributed by atoms with Crippen LogP contribution in [0.3, 0.4) is 0 Å². The Labute approximate surface area is 112 Å². The lowest BCUT2D eigenvalue weighted by Gasteiger charge is -2.27. The first-order valence-corrected chi connectivity index (χ1v) is 5.99. The summed E-state index contributed by atoms with van der Waals surface area (Å²) in [6.07, 6.45) is 3.30. The number of amides is 2. The lowest BCUT2D eigenvalue weighted by Crippen LogP contribution is -2.41. The molecule has 0 N–H and O–H groups in total. The zero-order chi connectivity index (χ0) is 13.8. The number of benzene rings is 1. The number of methoxy groups -OCH3 is 1. The van der Waals surface area contributed by atoms with Gasteiger partial charge in [0.25, 0.3) is 0 Å². The van der Waals surface area contributed by atoms with Gasteiger partial charge in [-0.1, -0.05) is 12.1 Å². The molecule has 1 aromatic carbocycles. The Bertz CT molecular complexity index is 525. The van der Waals surface area contributed by atoms with Crippen LogP contribution in [0.2, 0.25) is 0 Å². The highest BCUT2D eigenvalue weighted by atomic mass is 16.5. The standard InChI is InChI=1S/C14H16N2O3/c1-11(17)16(10-15-8-4-7-14(15)18)12-5-3-6-13(9-12)19-2/h3-7,9H,8,10H2,1-2H3. The van der Waals surface area contributed by atoms with Crippen molar-refractivity contribution in [2.24, 2.45) is 0 Å². The molecule has 100 valence electrons. The van der Waals surface area contributed by atoms with Crippen molar-refractivity contribution < 1.29 is 14.3 Å². The number of ether oxygens (including phenoxy) is 1. The van der Waals surface area contributed by atoms with E-state index in [1.54, 1.807) is 29.1 Å². The number of rotatable bonds is 4. The van der Waals surface area contributed by atoms with Gasteiger partial charge in [0.2, 0.25) is 11.8 Å². The summed E-state index contributed by atoms with van der Waals surface area (Å²) in [7, 11) is 1.57. The smallest absolute Gasteiger partial charge is 0.248 e. The van der Waals surface area contributed by atoms with E-state index in [9.17, 15) is 9.59 Å². The molecular weight excluding hydrogens is 244 g/mol. The zero-order valence-electron chi connectivity index (χ0n) is 11.0. The molecule has 19 heavy (non-hydrogen) atoms. The van der Waals surface area contributed by atoms with Crippen molar-refractivity contribution in [3.05, 3.63) is 36.4 Å². The molecule has 0 unspecified atom stereocenters. The fraction of sp³-hybridized carbons (Fsp3) is 0.286. The van der Waals surface area contributed by atoms with E-state index < -0.39 is 0 Å². The lowest BCUT2D eigenvalue weighted by atomic mass is 10.2. The number of carbonyl (C=O) groups excluding carboxylic acids is 2. The molecule has 2 rings (SSSR count). The van der Waals surface area contributed by atoms with E-state index in [2.05, 4.69) is 0 Å². The maximum Gasteiger partial charge on any atom is 0.248 e. The highest BCUT2D eigenvalue weighted by Crippen LogP contribution is 2.21. The molecule has 1 aliphatic heterocycles. The first-order chi connectivity index (χ1) is 9.11.